The molecule has 0 bridgehead atoms. The minimum absolute atomic E-state index is 0.202. The van der Waals surface area contributed by atoms with Crippen molar-refractivity contribution in [1.82, 2.24) is 5.32 Å². The van der Waals surface area contributed by atoms with Crippen molar-refractivity contribution in [2.45, 2.75) is 45.5 Å². The van der Waals surface area contributed by atoms with Crippen LogP contribution in [0.25, 0.3) is 6.08 Å². The Morgan fingerprint density at radius 2 is 1.63 bits per heavy atom. The second kappa shape index (κ2) is 8.94. The van der Waals surface area contributed by atoms with Crippen molar-refractivity contribution in [1.29, 1.82) is 0 Å². The Hall–Kier alpha value is -2.77. The zero-order chi connectivity index (χ0) is 21.8. The number of nitrogens with one attached hydrogen (secondary N) is 1. The Morgan fingerprint density at radius 3 is 2.27 bits per heavy atom. The highest BCUT2D eigenvalue weighted by Crippen LogP contribution is 2.38. The highest BCUT2D eigenvalue weighted by Gasteiger charge is 2.52. The largest absolute Gasteiger partial charge is 0.492 e. The van der Waals surface area contributed by atoms with Gasteiger partial charge in [0.1, 0.15) is 6.61 Å². The number of ether oxygens (including phenoxy) is 1. The van der Waals surface area contributed by atoms with Crippen molar-refractivity contribution in [3.05, 3.63) is 71.2 Å². The van der Waals surface area contributed by atoms with Gasteiger partial charge in [-0.05, 0) is 50.4 Å². The van der Waals surface area contributed by atoms with Crippen LogP contribution in [0, 0.1) is 0 Å². The number of nitrogens with two attached hydrogens (primary N) is 1. The number of benzene rings is 2. The SMILES string of the molecule is CC1(C)OB(C(=Cc2ccccc2N)CNC(=O)OCc2ccccc2)OC1(C)C. The average Bonchev–Trinajstić information content (AvgIpc) is 2.92. The van der Waals surface area contributed by atoms with Crippen LogP contribution in [0.4, 0.5) is 10.5 Å². The van der Waals surface area contributed by atoms with E-state index in [4.69, 9.17) is 19.8 Å². The number of hydrogen-bond acceptors (Lipinski definition) is 5. The second-order valence-corrected chi connectivity index (χ2v) is 8.35. The predicted molar refractivity (Wildman–Crippen MR) is 120 cm³/mol. The van der Waals surface area contributed by atoms with Crippen molar-refractivity contribution in [2.75, 3.05) is 12.3 Å². The molecule has 158 valence electrons. The molecular formula is C23H29BN2O4. The molecule has 0 spiro atoms. The van der Waals surface area contributed by atoms with Crippen LogP contribution in [0.1, 0.15) is 38.8 Å². The zero-order valence-electron chi connectivity index (χ0n) is 18.0. The molecule has 0 aromatic heterocycles. The van der Waals surface area contributed by atoms with E-state index in [1.54, 1.807) is 0 Å². The number of amides is 1. The van der Waals surface area contributed by atoms with Gasteiger partial charge in [0.25, 0.3) is 0 Å². The standard InChI is InChI=1S/C23H29BN2O4/c1-22(2)23(3,4)30-24(29-22)19(14-18-12-8-9-13-20(18)25)15-26-21(27)28-16-17-10-6-5-7-11-17/h5-14H,15-16,25H2,1-4H3,(H,26,27). The van der Waals surface area contributed by atoms with Gasteiger partial charge in [-0.25, -0.2) is 4.79 Å². The Labute approximate surface area is 178 Å². The minimum Gasteiger partial charge on any atom is -0.445 e. The third-order valence-corrected chi connectivity index (χ3v) is 5.54. The molecule has 0 radical (unpaired) electrons. The molecule has 1 heterocycles. The highest BCUT2D eigenvalue weighted by molar-refractivity contribution is 6.56. The second-order valence-electron chi connectivity index (χ2n) is 8.35. The van der Waals surface area contributed by atoms with Gasteiger partial charge >= 0.3 is 13.2 Å². The number of carbonyl (C=O) groups is 1. The summed E-state index contributed by atoms with van der Waals surface area (Å²) in [7, 11) is -0.607. The van der Waals surface area contributed by atoms with Gasteiger partial charge in [0.15, 0.2) is 0 Å². The van der Waals surface area contributed by atoms with Crippen molar-refractivity contribution >= 4 is 25.0 Å². The first-order valence-corrected chi connectivity index (χ1v) is 10.0. The molecule has 1 aliphatic heterocycles. The molecule has 1 amide bonds. The third kappa shape index (κ3) is 5.23. The lowest BCUT2D eigenvalue weighted by Gasteiger charge is -2.32. The molecule has 3 rings (SSSR count). The van der Waals surface area contributed by atoms with Gasteiger partial charge in [-0.1, -0.05) is 54.6 Å². The molecule has 2 aromatic rings. The predicted octanol–water partition coefficient (Wildman–Crippen LogP) is 4.21. The molecule has 0 atom stereocenters. The average molecular weight is 408 g/mol. The normalized spacial score (nSPS) is 17.6. The van der Waals surface area contributed by atoms with Gasteiger partial charge in [0.05, 0.1) is 11.2 Å². The molecule has 0 saturated carbocycles. The number of para-hydroxylation sites is 1. The maximum absolute atomic E-state index is 12.2. The zero-order valence-corrected chi connectivity index (χ0v) is 18.0. The summed E-state index contributed by atoms with van der Waals surface area (Å²) in [4.78, 5) is 12.2. The van der Waals surface area contributed by atoms with E-state index in [0.717, 1.165) is 16.6 Å². The molecule has 1 fully saturated rings. The smallest absolute Gasteiger partial charge is 0.445 e. The maximum Gasteiger partial charge on any atom is 0.492 e. The van der Waals surface area contributed by atoms with Gasteiger partial charge in [-0.15, -0.1) is 0 Å². The number of nitrogen functional groups attached to an aromatic ring is 1. The molecule has 3 N–H and O–H groups in total. The molecular weight excluding hydrogens is 379 g/mol. The van der Waals surface area contributed by atoms with E-state index >= 15 is 0 Å². The molecule has 2 aromatic carbocycles. The first kappa shape index (κ1) is 21.9. The fourth-order valence-electron chi connectivity index (χ4n) is 2.99. The summed E-state index contributed by atoms with van der Waals surface area (Å²) >= 11 is 0. The fraction of sp³-hybridized carbons (Fsp3) is 0.348. The quantitative estimate of drug-likeness (QED) is 0.553. The van der Waals surface area contributed by atoms with Crippen molar-refractivity contribution < 1.29 is 18.8 Å². The molecule has 0 unspecified atom stereocenters. The lowest BCUT2D eigenvalue weighted by molar-refractivity contribution is 0.00578. The van der Waals surface area contributed by atoms with E-state index in [0.29, 0.717) is 5.69 Å². The number of carbonyl (C=O) groups excluding carboxylic acids is 1. The lowest BCUT2D eigenvalue weighted by Crippen LogP contribution is -2.41. The Kier molecular flexibility index (Phi) is 6.53. The number of hydrogen-bond donors (Lipinski definition) is 2. The van der Waals surface area contributed by atoms with Gasteiger partial charge in [-0.2, -0.15) is 0 Å². The summed E-state index contributed by atoms with van der Waals surface area (Å²) < 4.78 is 17.7. The number of alkyl carbamates (subject to hydrolysis) is 1. The summed E-state index contributed by atoms with van der Waals surface area (Å²) in [6.45, 7) is 8.37. The van der Waals surface area contributed by atoms with Crippen LogP contribution in [0.2, 0.25) is 0 Å². The van der Waals surface area contributed by atoms with Gasteiger partial charge < -0.3 is 25.1 Å². The summed E-state index contributed by atoms with van der Waals surface area (Å²) in [6.07, 6.45) is 1.39. The van der Waals surface area contributed by atoms with E-state index < -0.39 is 24.4 Å². The Bertz CT molecular complexity index is 896. The summed E-state index contributed by atoms with van der Waals surface area (Å²) in [6, 6.07) is 17.1. The van der Waals surface area contributed by atoms with Crippen molar-refractivity contribution in [3.63, 3.8) is 0 Å². The monoisotopic (exact) mass is 408 g/mol. The van der Waals surface area contributed by atoms with E-state index in [-0.39, 0.29) is 13.2 Å². The first-order valence-electron chi connectivity index (χ1n) is 10.0. The molecule has 6 nitrogen and oxygen atoms in total. The maximum atomic E-state index is 12.2. The van der Waals surface area contributed by atoms with Crippen LogP contribution >= 0.6 is 0 Å². The highest BCUT2D eigenvalue weighted by atomic mass is 16.7. The van der Waals surface area contributed by atoms with Gasteiger partial charge in [-0.3, -0.25) is 0 Å². The number of anilines is 1. The number of rotatable bonds is 6. The first-order chi connectivity index (χ1) is 14.2. The summed E-state index contributed by atoms with van der Waals surface area (Å²) in [5.41, 5.74) is 8.27. The van der Waals surface area contributed by atoms with Crippen LogP contribution in [-0.2, 0) is 20.7 Å². The summed E-state index contributed by atoms with van der Waals surface area (Å²) in [5.74, 6) is 0. The minimum atomic E-state index is -0.607. The van der Waals surface area contributed by atoms with E-state index in [2.05, 4.69) is 5.32 Å². The fourth-order valence-corrected chi connectivity index (χ4v) is 2.99. The van der Waals surface area contributed by atoms with Crippen molar-refractivity contribution in [2.24, 2.45) is 0 Å². The van der Waals surface area contributed by atoms with Crippen LogP contribution in [0.5, 0.6) is 0 Å². The van der Waals surface area contributed by atoms with Gasteiger partial charge in [0, 0.05) is 12.2 Å². The van der Waals surface area contributed by atoms with Crippen LogP contribution in [0.15, 0.2) is 60.1 Å². The molecule has 30 heavy (non-hydrogen) atoms. The van der Waals surface area contributed by atoms with E-state index in [1.807, 2.05) is 88.4 Å². The molecule has 7 heteroatoms. The van der Waals surface area contributed by atoms with Gasteiger partial charge in [0.2, 0.25) is 0 Å². The Balaban J connectivity index is 1.72. The van der Waals surface area contributed by atoms with Crippen LogP contribution < -0.4 is 11.1 Å². The third-order valence-electron chi connectivity index (χ3n) is 5.54. The molecule has 0 aliphatic carbocycles. The summed E-state index contributed by atoms with van der Waals surface area (Å²) in [5, 5.41) is 2.79. The van der Waals surface area contributed by atoms with Crippen LogP contribution in [-0.4, -0.2) is 31.0 Å². The Morgan fingerprint density at radius 1 is 1.03 bits per heavy atom. The lowest BCUT2D eigenvalue weighted by atomic mass is 9.77. The van der Waals surface area contributed by atoms with Crippen molar-refractivity contribution in [3.8, 4) is 0 Å². The molecule has 1 aliphatic rings. The van der Waals surface area contributed by atoms with E-state index in [9.17, 15) is 4.79 Å². The molecule has 1 saturated heterocycles. The van der Waals surface area contributed by atoms with Crippen LogP contribution in [0.3, 0.4) is 0 Å². The van der Waals surface area contributed by atoms with E-state index in [1.165, 1.54) is 0 Å². The topological polar surface area (TPSA) is 82.8 Å².